The molecule has 8 heteroatoms. The number of fused-ring (bicyclic) bond motifs is 3. The van der Waals surface area contributed by atoms with Crippen molar-refractivity contribution in [1.29, 1.82) is 0 Å². The highest BCUT2D eigenvalue weighted by Gasteiger charge is 2.33. The van der Waals surface area contributed by atoms with Crippen molar-refractivity contribution in [1.82, 2.24) is 20.0 Å². The van der Waals surface area contributed by atoms with Crippen LogP contribution in [0.1, 0.15) is 44.1 Å². The van der Waals surface area contributed by atoms with E-state index in [0.717, 1.165) is 63.4 Å². The first-order valence-corrected chi connectivity index (χ1v) is 14.6. The van der Waals surface area contributed by atoms with Gasteiger partial charge in [-0.25, -0.2) is 0 Å². The lowest BCUT2D eigenvalue weighted by Crippen LogP contribution is -2.50. The maximum atomic E-state index is 13.6. The van der Waals surface area contributed by atoms with E-state index in [-0.39, 0.29) is 23.7 Å². The minimum atomic E-state index is 0.126. The van der Waals surface area contributed by atoms with Gasteiger partial charge in [0.05, 0.1) is 6.54 Å². The number of nitrogens with one attached hydrogen (secondary N) is 1. The number of hydrogen-bond donors (Lipinski definition) is 1. The van der Waals surface area contributed by atoms with E-state index < -0.39 is 0 Å². The first-order chi connectivity index (χ1) is 18.7. The third-order valence-corrected chi connectivity index (χ3v) is 8.67. The molecule has 0 saturated carbocycles. The van der Waals surface area contributed by atoms with Crippen LogP contribution in [-0.4, -0.2) is 98.2 Å². The Bertz CT molecular complexity index is 957. The summed E-state index contributed by atoms with van der Waals surface area (Å²) in [5.74, 6) is 1.56. The highest BCUT2D eigenvalue weighted by Crippen LogP contribution is 2.30. The van der Waals surface area contributed by atoms with Gasteiger partial charge in [-0.1, -0.05) is 30.4 Å². The molecule has 4 aliphatic rings. The SMILES string of the molecule is O=C(C[C@@H]1CCN2C[C@@H]1C=CCOc1ccccc1CN(C1CCOCC1)CC2=O)NCCN1CCCC1. The number of ether oxygens (including phenoxy) is 2. The molecule has 2 bridgehead atoms. The summed E-state index contributed by atoms with van der Waals surface area (Å²) in [5, 5.41) is 3.14. The normalized spacial score (nSPS) is 26.1. The Kier molecular flexibility index (Phi) is 9.71. The zero-order chi connectivity index (χ0) is 26.2. The number of rotatable bonds is 6. The van der Waals surface area contributed by atoms with Crippen molar-refractivity contribution in [3.8, 4) is 5.75 Å². The van der Waals surface area contributed by atoms with Crippen molar-refractivity contribution in [2.75, 3.05) is 65.6 Å². The van der Waals surface area contributed by atoms with E-state index in [1.54, 1.807) is 0 Å². The zero-order valence-electron chi connectivity index (χ0n) is 22.7. The standard InChI is InChI=1S/C30H44N4O4/c35-29(31-12-16-32-13-3-4-14-32)20-24-9-15-33-21-25(24)7-5-17-38-28-8-2-1-6-26(28)22-34(23-30(33)36)27-10-18-37-19-11-27/h1-2,5-8,24-25,27H,3-4,9-23H2,(H,31,35)/t24-,25-/m0/s1. The summed E-state index contributed by atoms with van der Waals surface area (Å²) in [6.07, 6.45) is 10.0. The smallest absolute Gasteiger partial charge is 0.236 e. The molecule has 5 rings (SSSR count). The Morgan fingerprint density at radius 1 is 1.03 bits per heavy atom. The lowest BCUT2D eigenvalue weighted by atomic mass is 9.82. The molecule has 8 nitrogen and oxygen atoms in total. The number of carbonyl (C=O) groups excluding carboxylic acids is 2. The van der Waals surface area contributed by atoms with Gasteiger partial charge in [0.1, 0.15) is 12.4 Å². The van der Waals surface area contributed by atoms with E-state index in [1.165, 1.54) is 12.8 Å². The summed E-state index contributed by atoms with van der Waals surface area (Å²) < 4.78 is 11.8. The number of nitrogens with zero attached hydrogens (tertiary/aromatic N) is 3. The molecular weight excluding hydrogens is 480 g/mol. The number of carbonyl (C=O) groups is 2. The Morgan fingerprint density at radius 2 is 1.84 bits per heavy atom. The largest absolute Gasteiger partial charge is 0.489 e. The topological polar surface area (TPSA) is 74.3 Å². The highest BCUT2D eigenvalue weighted by atomic mass is 16.5. The third kappa shape index (κ3) is 7.36. The van der Waals surface area contributed by atoms with Gasteiger partial charge in [0.2, 0.25) is 11.8 Å². The summed E-state index contributed by atoms with van der Waals surface area (Å²) >= 11 is 0. The molecule has 2 amide bonds. The Labute approximate surface area is 227 Å². The van der Waals surface area contributed by atoms with Crippen molar-refractivity contribution >= 4 is 11.8 Å². The molecule has 0 unspecified atom stereocenters. The van der Waals surface area contributed by atoms with Gasteiger partial charge in [0, 0.05) is 64.0 Å². The van der Waals surface area contributed by atoms with E-state index in [0.29, 0.717) is 51.8 Å². The Morgan fingerprint density at radius 3 is 2.68 bits per heavy atom. The molecule has 0 radical (unpaired) electrons. The molecule has 1 aromatic carbocycles. The minimum Gasteiger partial charge on any atom is -0.489 e. The van der Waals surface area contributed by atoms with E-state index in [9.17, 15) is 9.59 Å². The van der Waals surface area contributed by atoms with Crippen LogP contribution in [0.4, 0.5) is 0 Å². The lowest BCUT2D eigenvalue weighted by molar-refractivity contribution is -0.136. The van der Waals surface area contributed by atoms with E-state index >= 15 is 0 Å². The van der Waals surface area contributed by atoms with Gasteiger partial charge in [-0.2, -0.15) is 0 Å². The highest BCUT2D eigenvalue weighted by molar-refractivity contribution is 5.79. The molecule has 1 aromatic rings. The average Bonchev–Trinajstić information content (AvgIpc) is 3.46. The first kappa shape index (κ1) is 27.2. The van der Waals surface area contributed by atoms with Crippen LogP contribution in [0, 0.1) is 11.8 Å². The monoisotopic (exact) mass is 524 g/mol. The zero-order valence-corrected chi connectivity index (χ0v) is 22.7. The van der Waals surface area contributed by atoms with Crippen LogP contribution in [0.15, 0.2) is 36.4 Å². The minimum absolute atomic E-state index is 0.126. The Balaban J connectivity index is 1.26. The van der Waals surface area contributed by atoms with Gasteiger partial charge in [-0.15, -0.1) is 0 Å². The summed E-state index contributed by atoms with van der Waals surface area (Å²) in [7, 11) is 0. The summed E-state index contributed by atoms with van der Waals surface area (Å²) in [6.45, 7) is 8.37. The van der Waals surface area contributed by atoms with E-state index in [4.69, 9.17) is 9.47 Å². The van der Waals surface area contributed by atoms with E-state index in [2.05, 4.69) is 33.3 Å². The van der Waals surface area contributed by atoms with Crippen LogP contribution < -0.4 is 10.1 Å². The molecule has 0 aromatic heterocycles. The van der Waals surface area contributed by atoms with Gasteiger partial charge in [0.15, 0.2) is 0 Å². The second-order valence-electron chi connectivity index (χ2n) is 11.3. The number of piperidine rings is 1. The molecular formula is C30H44N4O4. The third-order valence-electron chi connectivity index (χ3n) is 8.67. The van der Waals surface area contributed by atoms with Crippen molar-refractivity contribution in [3.05, 3.63) is 42.0 Å². The second kappa shape index (κ2) is 13.6. The number of hydrogen-bond acceptors (Lipinski definition) is 6. The van der Waals surface area contributed by atoms with E-state index in [1.807, 2.05) is 23.1 Å². The van der Waals surface area contributed by atoms with Gasteiger partial charge >= 0.3 is 0 Å². The van der Waals surface area contributed by atoms with Crippen molar-refractivity contribution in [2.45, 2.75) is 51.1 Å². The second-order valence-corrected chi connectivity index (χ2v) is 11.3. The fraction of sp³-hybridized carbons (Fsp3) is 0.667. The molecule has 38 heavy (non-hydrogen) atoms. The molecule has 4 heterocycles. The molecule has 2 atom stereocenters. The number of amides is 2. The van der Waals surface area contributed by atoms with Crippen LogP contribution in [0.5, 0.6) is 5.75 Å². The van der Waals surface area contributed by atoms with Crippen molar-refractivity contribution < 1.29 is 19.1 Å². The van der Waals surface area contributed by atoms with Gasteiger partial charge in [-0.05, 0) is 63.1 Å². The van der Waals surface area contributed by atoms with Crippen molar-refractivity contribution in [3.63, 3.8) is 0 Å². The summed E-state index contributed by atoms with van der Waals surface area (Å²) in [4.78, 5) is 33.2. The Hall–Kier alpha value is -2.42. The predicted octanol–water partition coefficient (Wildman–Crippen LogP) is 2.68. The quantitative estimate of drug-likeness (QED) is 0.577. The van der Waals surface area contributed by atoms with Crippen LogP contribution >= 0.6 is 0 Å². The summed E-state index contributed by atoms with van der Waals surface area (Å²) in [5.41, 5.74) is 1.11. The van der Waals surface area contributed by atoms with Crippen molar-refractivity contribution in [2.24, 2.45) is 11.8 Å². The van der Waals surface area contributed by atoms with Gasteiger partial charge < -0.3 is 24.6 Å². The van der Waals surface area contributed by atoms with Crippen LogP contribution in [-0.2, 0) is 20.9 Å². The summed E-state index contributed by atoms with van der Waals surface area (Å²) in [6, 6.07) is 8.48. The molecule has 208 valence electrons. The van der Waals surface area contributed by atoms with Crippen LogP contribution in [0.2, 0.25) is 0 Å². The molecule has 0 aliphatic carbocycles. The number of para-hydroxylation sites is 1. The first-order valence-electron chi connectivity index (χ1n) is 14.6. The molecule has 1 N–H and O–H groups in total. The maximum Gasteiger partial charge on any atom is 0.236 e. The lowest BCUT2D eigenvalue weighted by Gasteiger charge is -2.39. The predicted molar refractivity (Wildman–Crippen MR) is 147 cm³/mol. The van der Waals surface area contributed by atoms with Gasteiger partial charge in [0.25, 0.3) is 0 Å². The molecule has 3 saturated heterocycles. The average molecular weight is 525 g/mol. The fourth-order valence-electron chi connectivity index (χ4n) is 6.40. The maximum absolute atomic E-state index is 13.6. The number of likely N-dealkylation sites (tertiary alicyclic amines) is 1. The molecule has 4 aliphatic heterocycles. The molecule has 0 spiro atoms. The van der Waals surface area contributed by atoms with Crippen LogP contribution in [0.3, 0.4) is 0 Å². The van der Waals surface area contributed by atoms with Crippen LogP contribution in [0.25, 0.3) is 0 Å². The van der Waals surface area contributed by atoms with Gasteiger partial charge in [-0.3, -0.25) is 14.5 Å². The molecule has 3 fully saturated rings. The fourth-order valence-corrected chi connectivity index (χ4v) is 6.40. The number of benzene rings is 1.